The normalized spacial score (nSPS) is 29.1. The lowest BCUT2D eigenvalue weighted by Gasteiger charge is -2.55. The highest BCUT2D eigenvalue weighted by Gasteiger charge is 2.55. The van der Waals surface area contributed by atoms with Gasteiger partial charge in [0.05, 0.1) is 7.11 Å². The quantitative estimate of drug-likeness (QED) is 0.698. The molecule has 3 rings (SSSR count). The highest BCUT2D eigenvalue weighted by molar-refractivity contribution is 6.00. The molecular weight excluding hydrogens is 340 g/mol. The number of ketones is 1. The van der Waals surface area contributed by atoms with Gasteiger partial charge in [-0.05, 0) is 53.4 Å². The number of hydrogen-bond donors (Lipinski definition) is 0. The molecular formula is C23H32O4. The first-order chi connectivity index (χ1) is 12.5. The van der Waals surface area contributed by atoms with Crippen LogP contribution in [0.3, 0.4) is 0 Å². The maximum Gasteiger partial charge on any atom is 0.302 e. The van der Waals surface area contributed by atoms with Crippen molar-refractivity contribution < 1.29 is 19.1 Å². The van der Waals surface area contributed by atoms with Gasteiger partial charge in [-0.25, -0.2) is 0 Å². The predicted octanol–water partition coefficient (Wildman–Crippen LogP) is 5.03. The molecule has 2 aliphatic carbocycles. The summed E-state index contributed by atoms with van der Waals surface area (Å²) in [7, 11) is 1.69. The molecule has 0 bridgehead atoms. The van der Waals surface area contributed by atoms with E-state index in [0.29, 0.717) is 6.42 Å². The van der Waals surface area contributed by atoms with Crippen LogP contribution in [0.25, 0.3) is 0 Å². The largest absolute Gasteiger partial charge is 0.496 e. The fourth-order valence-corrected chi connectivity index (χ4v) is 5.62. The van der Waals surface area contributed by atoms with Gasteiger partial charge < -0.3 is 9.47 Å². The maximum atomic E-state index is 13.1. The van der Waals surface area contributed by atoms with Crippen molar-refractivity contribution in [1.29, 1.82) is 0 Å². The molecule has 1 aromatic carbocycles. The van der Waals surface area contributed by atoms with Crippen LogP contribution in [0.5, 0.6) is 5.75 Å². The molecule has 1 aromatic rings. The van der Waals surface area contributed by atoms with Crippen LogP contribution in [0.1, 0.15) is 88.2 Å². The number of carbonyl (C=O) groups is 2. The lowest BCUT2D eigenvalue weighted by Crippen LogP contribution is -2.53. The lowest BCUT2D eigenvalue weighted by molar-refractivity contribution is -0.154. The first kappa shape index (κ1) is 19.9. The van der Waals surface area contributed by atoms with E-state index in [4.69, 9.17) is 9.47 Å². The average Bonchev–Trinajstić information content (AvgIpc) is 2.54. The van der Waals surface area contributed by atoms with E-state index < -0.39 is 0 Å². The Morgan fingerprint density at radius 2 is 1.85 bits per heavy atom. The Balaban J connectivity index is 2.17. The van der Waals surface area contributed by atoms with Crippen molar-refractivity contribution in [2.75, 3.05) is 7.11 Å². The first-order valence-electron chi connectivity index (χ1n) is 9.92. The number of fused-ring (bicyclic) bond motifs is 3. The van der Waals surface area contributed by atoms with E-state index in [1.165, 1.54) is 6.92 Å². The summed E-state index contributed by atoms with van der Waals surface area (Å²) in [6.07, 6.45) is 1.95. The molecule has 0 aliphatic heterocycles. The molecule has 0 radical (unpaired) electrons. The van der Waals surface area contributed by atoms with Crippen molar-refractivity contribution in [1.82, 2.24) is 0 Å². The molecule has 1 saturated carbocycles. The van der Waals surface area contributed by atoms with E-state index >= 15 is 0 Å². The van der Waals surface area contributed by atoms with Crippen LogP contribution in [0.15, 0.2) is 12.1 Å². The van der Waals surface area contributed by atoms with Crippen molar-refractivity contribution in [2.45, 2.75) is 78.2 Å². The number of esters is 1. The Hall–Kier alpha value is -1.84. The molecule has 3 unspecified atom stereocenters. The average molecular weight is 373 g/mol. The summed E-state index contributed by atoms with van der Waals surface area (Å²) < 4.78 is 11.3. The number of hydrogen-bond acceptors (Lipinski definition) is 4. The van der Waals surface area contributed by atoms with E-state index in [9.17, 15) is 9.59 Å². The zero-order valence-electron chi connectivity index (χ0n) is 17.6. The molecule has 0 amide bonds. The molecule has 148 valence electrons. The minimum Gasteiger partial charge on any atom is -0.496 e. The second-order valence-electron chi connectivity index (χ2n) is 9.52. The van der Waals surface area contributed by atoms with Crippen LogP contribution in [0.4, 0.5) is 0 Å². The highest BCUT2D eigenvalue weighted by atomic mass is 16.5. The fraction of sp³-hybridized carbons (Fsp3) is 0.652. The van der Waals surface area contributed by atoms with E-state index in [1.807, 2.05) is 6.07 Å². The Morgan fingerprint density at radius 3 is 2.41 bits per heavy atom. The molecule has 0 saturated heterocycles. The van der Waals surface area contributed by atoms with E-state index in [1.54, 1.807) is 7.11 Å². The summed E-state index contributed by atoms with van der Waals surface area (Å²) in [4.78, 5) is 24.7. The highest BCUT2D eigenvalue weighted by Crippen LogP contribution is 2.58. The van der Waals surface area contributed by atoms with Gasteiger partial charge in [-0.2, -0.15) is 0 Å². The molecule has 1 fully saturated rings. The summed E-state index contributed by atoms with van der Waals surface area (Å²) in [5.74, 6) is 1.31. The standard InChI is InChI=1S/C23H32O4/c1-13(2)16-8-17-18(9-20(16)26-7)23(6)12-15(27-14(3)24)11-22(4,5)21(23)10-19(17)25/h8-9,13,15,21H,10-12H2,1-7H3. The predicted molar refractivity (Wildman–Crippen MR) is 105 cm³/mol. The summed E-state index contributed by atoms with van der Waals surface area (Å²) in [6, 6.07) is 4.10. The van der Waals surface area contributed by atoms with Crippen molar-refractivity contribution in [3.8, 4) is 5.75 Å². The smallest absolute Gasteiger partial charge is 0.302 e. The topological polar surface area (TPSA) is 52.6 Å². The third-order valence-corrected chi connectivity index (χ3v) is 6.75. The van der Waals surface area contributed by atoms with E-state index in [2.05, 4.69) is 40.7 Å². The van der Waals surface area contributed by atoms with Crippen LogP contribution in [0.2, 0.25) is 0 Å². The molecule has 0 spiro atoms. The van der Waals surface area contributed by atoms with Crippen LogP contribution in [-0.2, 0) is 14.9 Å². The lowest BCUT2D eigenvalue weighted by atomic mass is 9.49. The maximum absolute atomic E-state index is 13.1. The third-order valence-electron chi connectivity index (χ3n) is 6.75. The van der Waals surface area contributed by atoms with Crippen LogP contribution in [-0.4, -0.2) is 25.0 Å². The van der Waals surface area contributed by atoms with Crippen molar-refractivity contribution in [3.63, 3.8) is 0 Å². The number of ether oxygens (including phenoxy) is 2. The first-order valence-corrected chi connectivity index (χ1v) is 9.92. The Labute approximate surface area is 162 Å². The fourth-order valence-electron chi connectivity index (χ4n) is 5.62. The Kier molecular flexibility index (Phi) is 4.90. The van der Waals surface area contributed by atoms with Gasteiger partial charge in [0.1, 0.15) is 11.9 Å². The van der Waals surface area contributed by atoms with Crippen molar-refractivity contribution in [2.24, 2.45) is 11.3 Å². The van der Waals surface area contributed by atoms with Gasteiger partial charge in [0.15, 0.2) is 5.78 Å². The summed E-state index contributed by atoms with van der Waals surface area (Å²) >= 11 is 0. The van der Waals surface area contributed by atoms with Crippen LogP contribution >= 0.6 is 0 Å². The monoisotopic (exact) mass is 372 g/mol. The van der Waals surface area contributed by atoms with Crippen molar-refractivity contribution >= 4 is 11.8 Å². The van der Waals surface area contributed by atoms with Crippen molar-refractivity contribution in [3.05, 3.63) is 28.8 Å². The second-order valence-corrected chi connectivity index (χ2v) is 9.52. The molecule has 4 heteroatoms. The molecule has 4 nitrogen and oxygen atoms in total. The summed E-state index contributed by atoms with van der Waals surface area (Å²) in [5, 5.41) is 0. The number of carbonyl (C=O) groups excluding carboxylic acids is 2. The zero-order valence-corrected chi connectivity index (χ0v) is 17.6. The second kappa shape index (κ2) is 6.65. The Bertz CT molecular complexity index is 777. The number of Topliss-reactive ketones (excluding diaryl/α,β-unsaturated/α-hetero) is 1. The van der Waals surface area contributed by atoms with Crippen LogP contribution in [0, 0.1) is 11.3 Å². The minimum atomic E-state index is -0.238. The Morgan fingerprint density at radius 1 is 1.19 bits per heavy atom. The van der Waals surface area contributed by atoms with Gasteiger partial charge >= 0.3 is 5.97 Å². The molecule has 2 aliphatic rings. The number of methoxy groups -OCH3 is 1. The molecule has 3 atom stereocenters. The number of benzene rings is 1. The van der Waals surface area contributed by atoms with Gasteiger partial charge in [0.2, 0.25) is 0 Å². The van der Waals surface area contributed by atoms with Gasteiger partial charge in [0.25, 0.3) is 0 Å². The van der Waals surface area contributed by atoms with Gasteiger partial charge in [-0.15, -0.1) is 0 Å². The minimum absolute atomic E-state index is 0.0928. The summed E-state index contributed by atoms with van der Waals surface area (Å²) in [6.45, 7) is 12.3. The molecule has 0 aromatic heterocycles. The summed E-state index contributed by atoms with van der Waals surface area (Å²) in [5.41, 5.74) is 2.61. The zero-order chi connectivity index (χ0) is 20.1. The third kappa shape index (κ3) is 3.28. The van der Waals surface area contributed by atoms with E-state index in [-0.39, 0.29) is 40.5 Å². The molecule has 0 heterocycles. The van der Waals surface area contributed by atoms with Gasteiger partial charge in [0, 0.05) is 24.3 Å². The molecule has 27 heavy (non-hydrogen) atoms. The molecule has 0 N–H and O–H groups in total. The van der Waals surface area contributed by atoms with Gasteiger partial charge in [-0.1, -0.05) is 34.6 Å². The number of rotatable bonds is 3. The van der Waals surface area contributed by atoms with Gasteiger partial charge in [-0.3, -0.25) is 9.59 Å². The van der Waals surface area contributed by atoms with E-state index in [0.717, 1.165) is 35.3 Å². The van der Waals surface area contributed by atoms with Crippen LogP contribution < -0.4 is 4.74 Å². The SMILES string of the molecule is COc1cc2c(cc1C(C)C)C(=O)CC1C(C)(C)CC(OC(C)=O)CC21C.